The fourth-order valence-electron chi connectivity index (χ4n) is 2.38. The molecule has 1 N–H and O–H groups in total. The Kier molecular flexibility index (Phi) is 2.77. The van der Waals surface area contributed by atoms with E-state index in [1.54, 1.807) is 0 Å². The maximum atomic E-state index is 11.8. The van der Waals surface area contributed by atoms with Crippen LogP contribution in [0.4, 0.5) is 0 Å². The van der Waals surface area contributed by atoms with Gasteiger partial charge in [0.05, 0.1) is 0 Å². The number of hydrogen-bond acceptors (Lipinski definition) is 2. The molecule has 3 heteroatoms. The number of piperidine rings is 1. The highest BCUT2D eigenvalue weighted by atomic mass is 16.3. The molecular weight excluding hydrogens is 178 g/mol. The molecule has 1 heterocycles. The standard InChI is InChI=1S/C11H19NO2/c1-8-4-9(7-13)6-12(5-8)11(14)10-2-3-10/h8-10,13H,2-7H2,1H3. The SMILES string of the molecule is CC1CC(CO)CN(C(=O)C2CC2)C1. The fourth-order valence-corrected chi connectivity index (χ4v) is 2.38. The van der Waals surface area contributed by atoms with Gasteiger partial charge in [-0.15, -0.1) is 0 Å². The molecular formula is C11H19NO2. The summed E-state index contributed by atoms with van der Waals surface area (Å²) in [7, 11) is 0. The van der Waals surface area contributed by atoms with E-state index in [9.17, 15) is 4.79 Å². The quantitative estimate of drug-likeness (QED) is 0.713. The molecule has 2 rings (SSSR count). The maximum absolute atomic E-state index is 11.8. The summed E-state index contributed by atoms with van der Waals surface area (Å²) < 4.78 is 0. The van der Waals surface area contributed by atoms with Crippen molar-refractivity contribution in [1.29, 1.82) is 0 Å². The molecule has 3 nitrogen and oxygen atoms in total. The van der Waals surface area contributed by atoms with Gasteiger partial charge in [0.2, 0.25) is 5.91 Å². The van der Waals surface area contributed by atoms with Crippen LogP contribution in [0.2, 0.25) is 0 Å². The van der Waals surface area contributed by atoms with E-state index in [4.69, 9.17) is 5.11 Å². The van der Waals surface area contributed by atoms with Crippen LogP contribution in [0.5, 0.6) is 0 Å². The Morgan fingerprint density at radius 1 is 1.43 bits per heavy atom. The van der Waals surface area contributed by atoms with Crippen LogP contribution in [-0.2, 0) is 4.79 Å². The number of rotatable bonds is 2. The third kappa shape index (κ3) is 2.08. The lowest BCUT2D eigenvalue weighted by Gasteiger charge is -2.35. The third-order valence-corrected chi connectivity index (χ3v) is 3.24. The van der Waals surface area contributed by atoms with Gasteiger partial charge in [0.15, 0.2) is 0 Å². The molecule has 0 spiro atoms. The van der Waals surface area contributed by atoms with Gasteiger partial charge in [0.25, 0.3) is 0 Å². The van der Waals surface area contributed by atoms with E-state index < -0.39 is 0 Å². The molecule has 2 fully saturated rings. The first kappa shape index (κ1) is 9.97. The zero-order chi connectivity index (χ0) is 10.1. The summed E-state index contributed by atoms with van der Waals surface area (Å²) in [5, 5.41) is 9.12. The Hall–Kier alpha value is -0.570. The summed E-state index contributed by atoms with van der Waals surface area (Å²) in [4.78, 5) is 13.8. The molecule has 14 heavy (non-hydrogen) atoms. The van der Waals surface area contributed by atoms with E-state index in [1.807, 2.05) is 4.90 Å². The molecule has 0 aromatic heterocycles. The monoisotopic (exact) mass is 197 g/mol. The third-order valence-electron chi connectivity index (χ3n) is 3.24. The lowest BCUT2D eigenvalue weighted by molar-refractivity contribution is -0.135. The summed E-state index contributed by atoms with van der Waals surface area (Å²) in [5.74, 6) is 1.50. The van der Waals surface area contributed by atoms with E-state index in [2.05, 4.69) is 6.92 Å². The Morgan fingerprint density at radius 3 is 2.71 bits per heavy atom. The summed E-state index contributed by atoms with van der Waals surface area (Å²) in [6.45, 7) is 4.05. The second kappa shape index (κ2) is 3.89. The molecule has 1 saturated heterocycles. The van der Waals surface area contributed by atoms with Gasteiger partial charge in [0.1, 0.15) is 0 Å². The minimum Gasteiger partial charge on any atom is -0.396 e. The molecule has 1 saturated carbocycles. The molecule has 1 aliphatic carbocycles. The number of nitrogens with zero attached hydrogens (tertiary/aromatic N) is 1. The van der Waals surface area contributed by atoms with Gasteiger partial charge in [-0.25, -0.2) is 0 Å². The van der Waals surface area contributed by atoms with Crippen LogP contribution < -0.4 is 0 Å². The first-order valence-electron chi connectivity index (χ1n) is 5.60. The Morgan fingerprint density at radius 2 is 2.14 bits per heavy atom. The smallest absolute Gasteiger partial charge is 0.225 e. The number of carbonyl (C=O) groups is 1. The van der Waals surface area contributed by atoms with Crippen molar-refractivity contribution in [2.75, 3.05) is 19.7 Å². The Bertz CT molecular complexity index is 225. The number of likely N-dealkylation sites (tertiary alicyclic amines) is 1. The minimum atomic E-state index is 0.221. The first-order chi connectivity index (χ1) is 6.70. The molecule has 1 amide bonds. The molecule has 0 aromatic rings. The molecule has 2 atom stereocenters. The number of aliphatic hydroxyl groups excluding tert-OH is 1. The summed E-state index contributed by atoms with van der Waals surface area (Å²) in [6, 6.07) is 0. The van der Waals surface area contributed by atoms with Crippen LogP contribution >= 0.6 is 0 Å². The number of hydrogen-bond donors (Lipinski definition) is 1. The van der Waals surface area contributed by atoms with Crippen LogP contribution in [-0.4, -0.2) is 35.6 Å². The van der Waals surface area contributed by atoms with E-state index in [0.29, 0.717) is 23.7 Å². The van der Waals surface area contributed by atoms with Gasteiger partial charge in [0, 0.05) is 25.6 Å². The fraction of sp³-hybridized carbons (Fsp3) is 0.909. The van der Waals surface area contributed by atoms with Gasteiger partial charge in [-0.2, -0.15) is 0 Å². The van der Waals surface area contributed by atoms with Crippen molar-refractivity contribution in [3.63, 3.8) is 0 Å². The lowest BCUT2D eigenvalue weighted by Crippen LogP contribution is -2.44. The summed E-state index contributed by atoms with van der Waals surface area (Å²) in [6.07, 6.45) is 3.21. The first-order valence-corrected chi connectivity index (χ1v) is 5.60. The van der Waals surface area contributed by atoms with E-state index in [0.717, 1.165) is 32.4 Å². The van der Waals surface area contributed by atoms with Crippen molar-refractivity contribution in [1.82, 2.24) is 4.90 Å². The van der Waals surface area contributed by atoms with Crippen LogP contribution in [0.25, 0.3) is 0 Å². The minimum absolute atomic E-state index is 0.221. The van der Waals surface area contributed by atoms with Crippen molar-refractivity contribution in [3.05, 3.63) is 0 Å². The van der Waals surface area contributed by atoms with Crippen LogP contribution in [0.1, 0.15) is 26.2 Å². The van der Waals surface area contributed by atoms with Crippen LogP contribution in [0, 0.1) is 17.8 Å². The lowest BCUT2D eigenvalue weighted by atomic mass is 9.91. The second-order valence-corrected chi connectivity index (χ2v) is 4.91. The highest BCUT2D eigenvalue weighted by molar-refractivity contribution is 5.81. The Labute approximate surface area is 85.1 Å². The van der Waals surface area contributed by atoms with Crippen molar-refractivity contribution < 1.29 is 9.90 Å². The molecule has 2 unspecified atom stereocenters. The highest BCUT2D eigenvalue weighted by Crippen LogP contribution is 2.33. The second-order valence-electron chi connectivity index (χ2n) is 4.91. The van der Waals surface area contributed by atoms with Crippen LogP contribution in [0.3, 0.4) is 0 Å². The van der Waals surface area contributed by atoms with Gasteiger partial charge in [-0.3, -0.25) is 4.79 Å². The molecule has 80 valence electrons. The topological polar surface area (TPSA) is 40.5 Å². The summed E-state index contributed by atoms with van der Waals surface area (Å²) in [5.41, 5.74) is 0. The van der Waals surface area contributed by atoms with Gasteiger partial charge >= 0.3 is 0 Å². The molecule has 2 aliphatic rings. The van der Waals surface area contributed by atoms with Gasteiger partial charge in [-0.05, 0) is 31.1 Å². The largest absolute Gasteiger partial charge is 0.396 e. The maximum Gasteiger partial charge on any atom is 0.225 e. The average molecular weight is 197 g/mol. The zero-order valence-electron chi connectivity index (χ0n) is 8.78. The van der Waals surface area contributed by atoms with Crippen molar-refractivity contribution in [3.8, 4) is 0 Å². The molecule has 0 bridgehead atoms. The van der Waals surface area contributed by atoms with Crippen molar-refractivity contribution in [2.24, 2.45) is 17.8 Å². The summed E-state index contributed by atoms with van der Waals surface area (Å²) >= 11 is 0. The predicted octanol–water partition coefficient (Wildman–Crippen LogP) is 0.873. The Balaban J connectivity index is 1.93. The number of carbonyl (C=O) groups excluding carboxylic acids is 1. The normalized spacial score (nSPS) is 33.1. The average Bonchev–Trinajstić information content (AvgIpc) is 2.99. The van der Waals surface area contributed by atoms with Crippen LogP contribution in [0.15, 0.2) is 0 Å². The molecule has 1 aliphatic heterocycles. The van der Waals surface area contributed by atoms with E-state index in [1.165, 1.54) is 0 Å². The van der Waals surface area contributed by atoms with Crippen molar-refractivity contribution >= 4 is 5.91 Å². The van der Waals surface area contributed by atoms with E-state index >= 15 is 0 Å². The van der Waals surface area contributed by atoms with Gasteiger partial charge in [-0.1, -0.05) is 6.92 Å². The highest BCUT2D eigenvalue weighted by Gasteiger charge is 2.36. The number of aliphatic hydroxyl groups is 1. The van der Waals surface area contributed by atoms with Gasteiger partial charge < -0.3 is 10.0 Å². The molecule has 0 radical (unpaired) electrons. The predicted molar refractivity (Wildman–Crippen MR) is 53.7 cm³/mol. The number of amides is 1. The molecule has 0 aromatic carbocycles. The zero-order valence-corrected chi connectivity index (χ0v) is 8.78. The van der Waals surface area contributed by atoms with E-state index in [-0.39, 0.29) is 6.61 Å². The van der Waals surface area contributed by atoms with Crippen molar-refractivity contribution in [2.45, 2.75) is 26.2 Å².